The molecule has 1 heterocycles. The van der Waals surface area contributed by atoms with E-state index in [1.165, 1.54) is 5.56 Å². The van der Waals surface area contributed by atoms with Crippen LogP contribution in [0.25, 0.3) is 11.0 Å². The van der Waals surface area contributed by atoms with Gasteiger partial charge in [0.2, 0.25) is 0 Å². The second-order valence-electron chi connectivity index (χ2n) is 3.66. The van der Waals surface area contributed by atoms with E-state index >= 15 is 0 Å². The number of rotatable bonds is 1. The third-order valence-corrected chi connectivity index (χ3v) is 2.89. The summed E-state index contributed by atoms with van der Waals surface area (Å²) in [6.07, 6.45) is 0. The van der Waals surface area contributed by atoms with Gasteiger partial charge in [0.1, 0.15) is 0 Å². The van der Waals surface area contributed by atoms with Crippen LogP contribution in [0.3, 0.4) is 0 Å². The van der Waals surface area contributed by atoms with E-state index in [0.29, 0.717) is 5.92 Å². The Morgan fingerprint density at radius 3 is 2.64 bits per heavy atom. The van der Waals surface area contributed by atoms with E-state index in [9.17, 15) is 4.79 Å². The molecule has 0 fully saturated rings. The van der Waals surface area contributed by atoms with Crippen molar-refractivity contribution in [3.05, 3.63) is 32.7 Å². The number of aromatic nitrogens is 2. The number of H-pyrrole nitrogens is 2. The Morgan fingerprint density at radius 2 is 2.00 bits per heavy atom. The maximum absolute atomic E-state index is 11.1. The van der Waals surface area contributed by atoms with E-state index in [2.05, 4.69) is 39.7 Å². The fraction of sp³-hybridized carbons (Fsp3) is 0.300. The number of fused-ring (bicyclic) bond motifs is 1. The summed E-state index contributed by atoms with van der Waals surface area (Å²) in [5, 5.41) is 0. The van der Waals surface area contributed by atoms with Crippen molar-refractivity contribution in [2.45, 2.75) is 19.8 Å². The normalized spacial score (nSPS) is 11.4. The highest BCUT2D eigenvalue weighted by atomic mass is 79.9. The summed E-state index contributed by atoms with van der Waals surface area (Å²) in [7, 11) is 0. The van der Waals surface area contributed by atoms with E-state index in [-0.39, 0.29) is 5.69 Å². The maximum atomic E-state index is 11.1. The lowest BCUT2D eigenvalue weighted by Gasteiger charge is -2.05. The molecule has 3 nitrogen and oxygen atoms in total. The van der Waals surface area contributed by atoms with Gasteiger partial charge in [-0.1, -0.05) is 13.8 Å². The van der Waals surface area contributed by atoms with Gasteiger partial charge in [-0.25, -0.2) is 4.79 Å². The van der Waals surface area contributed by atoms with E-state index in [1.54, 1.807) is 0 Å². The van der Waals surface area contributed by atoms with Gasteiger partial charge in [0.15, 0.2) is 0 Å². The molecule has 4 heteroatoms. The van der Waals surface area contributed by atoms with Gasteiger partial charge in [-0.05, 0) is 39.5 Å². The lowest BCUT2D eigenvalue weighted by Crippen LogP contribution is -1.99. The van der Waals surface area contributed by atoms with Crippen LogP contribution >= 0.6 is 15.9 Å². The van der Waals surface area contributed by atoms with Crippen molar-refractivity contribution in [3.63, 3.8) is 0 Å². The monoisotopic (exact) mass is 254 g/mol. The van der Waals surface area contributed by atoms with Crippen LogP contribution in [0.1, 0.15) is 25.3 Å². The largest absolute Gasteiger partial charge is 0.323 e. The Bertz CT molecular complexity index is 524. The molecule has 0 amide bonds. The van der Waals surface area contributed by atoms with Crippen LogP contribution in [0, 0.1) is 0 Å². The SMILES string of the molecule is CC(C)c1cc(Br)c2[nH]c(=O)[nH]c2c1. The number of hydrogen-bond donors (Lipinski definition) is 2. The van der Waals surface area contributed by atoms with Crippen LogP contribution < -0.4 is 5.69 Å². The Morgan fingerprint density at radius 1 is 1.29 bits per heavy atom. The molecule has 74 valence electrons. The summed E-state index contributed by atoms with van der Waals surface area (Å²) in [4.78, 5) is 16.6. The Kier molecular flexibility index (Phi) is 2.23. The van der Waals surface area contributed by atoms with Crippen LogP contribution in [-0.4, -0.2) is 9.97 Å². The minimum Gasteiger partial charge on any atom is -0.306 e. The molecule has 0 bridgehead atoms. The van der Waals surface area contributed by atoms with Crippen molar-refractivity contribution >= 4 is 27.0 Å². The Balaban J connectivity index is 2.77. The lowest BCUT2D eigenvalue weighted by atomic mass is 10.0. The smallest absolute Gasteiger partial charge is 0.306 e. The molecule has 0 atom stereocenters. The zero-order valence-corrected chi connectivity index (χ0v) is 9.60. The van der Waals surface area contributed by atoms with Crippen LogP contribution in [0.4, 0.5) is 0 Å². The third kappa shape index (κ3) is 1.50. The number of halogens is 1. The second-order valence-corrected chi connectivity index (χ2v) is 4.51. The number of imidazole rings is 1. The first kappa shape index (κ1) is 9.52. The van der Waals surface area contributed by atoms with Gasteiger partial charge in [-0.3, -0.25) is 0 Å². The van der Waals surface area contributed by atoms with Crippen molar-refractivity contribution < 1.29 is 0 Å². The molecule has 0 unspecified atom stereocenters. The zero-order chi connectivity index (χ0) is 10.3. The average molecular weight is 255 g/mol. The quantitative estimate of drug-likeness (QED) is 0.808. The first-order valence-corrected chi connectivity index (χ1v) is 5.28. The van der Waals surface area contributed by atoms with Crippen molar-refractivity contribution in [3.8, 4) is 0 Å². The van der Waals surface area contributed by atoms with Gasteiger partial charge >= 0.3 is 5.69 Å². The third-order valence-electron chi connectivity index (χ3n) is 2.27. The van der Waals surface area contributed by atoms with Crippen LogP contribution in [0.5, 0.6) is 0 Å². The molecule has 0 spiro atoms. The molecule has 2 aromatic rings. The zero-order valence-electron chi connectivity index (χ0n) is 8.02. The van der Waals surface area contributed by atoms with Crippen molar-refractivity contribution in [2.24, 2.45) is 0 Å². The van der Waals surface area contributed by atoms with Crippen molar-refractivity contribution in [1.82, 2.24) is 9.97 Å². The van der Waals surface area contributed by atoms with Crippen LogP contribution in [0.2, 0.25) is 0 Å². The van der Waals surface area contributed by atoms with Crippen molar-refractivity contribution in [1.29, 1.82) is 0 Å². The maximum Gasteiger partial charge on any atom is 0.323 e. The van der Waals surface area contributed by atoms with E-state index in [4.69, 9.17) is 0 Å². The predicted molar refractivity (Wildman–Crippen MR) is 60.7 cm³/mol. The predicted octanol–water partition coefficient (Wildman–Crippen LogP) is 2.74. The number of benzene rings is 1. The highest BCUT2D eigenvalue weighted by Gasteiger charge is 2.07. The first-order valence-electron chi connectivity index (χ1n) is 4.49. The van der Waals surface area contributed by atoms with E-state index in [0.717, 1.165) is 15.5 Å². The molecule has 2 rings (SSSR count). The fourth-order valence-electron chi connectivity index (χ4n) is 1.45. The topological polar surface area (TPSA) is 48.6 Å². The standard InChI is InChI=1S/C10H11BrN2O/c1-5(2)6-3-7(11)9-8(4-6)12-10(14)13-9/h3-5H,1-2H3,(H2,12,13,14). The Labute approximate surface area is 89.7 Å². The lowest BCUT2D eigenvalue weighted by molar-refractivity contribution is 0.867. The van der Waals surface area contributed by atoms with Gasteiger partial charge in [-0.2, -0.15) is 0 Å². The molecule has 2 N–H and O–H groups in total. The molecule has 1 aromatic heterocycles. The highest BCUT2D eigenvalue weighted by Crippen LogP contribution is 2.25. The molecule has 1 aromatic carbocycles. The fourth-order valence-corrected chi connectivity index (χ4v) is 2.03. The summed E-state index contributed by atoms with van der Waals surface area (Å²) >= 11 is 3.44. The van der Waals surface area contributed by atoms with Gasteiger partial charge in [-0.15, -0.1) is 0 Å². The number of nitrogens with one attached hydrogen (secondary N) is 2. The summed E-state index contributed by atoms with van der Waals surface area (Å²) < 4.78 is 0.928. The van der Waals surface area contributed by atoms with Gasteiger partial charge < -0.3 is 9.97 Å². The van der Waals surface area contributed by atoms with E-state index in [1.807, 2.05) is 12.1 Å². The molecule has 0 aliphatic rings. The van der Waals surface area contributed by atoms with Crippen molar-refractivity contribution in [2.75, 3.05) is 0 Å². The Hall–Kier alpha value is -1.03. The molecular formula is C10H11BrN2O. The number of aromatic amines is 2. The summed E-state index contributed by atoms with van der Waals surface area (Å²) in [5.41, 5.74) is 2.73. The van der Waals surface area contributed by atoms with Crippen LogP contribution in [-0.2, 0) is 0 Å². The molecular weight excluding hydrogens is 244 g/mol. The second kappa shape index (κ2) is 3.28. The highest BCUT2D eigenvalue weighted by molar-refractivity contribution is 9.10. The molecule has 14 heavy (non-hydrogen) atoms. The van der Waals surface area contributed by atoms with Gasteiger partial charge in [0, 0.05) is 4.47 Å². The van der Waals surface area contributed by atoms with Gasteiger partial charge in [0.25, 0.3) is 0 Å². The molecule has 0 saturated heterocycles. The van der Waals surface area contributed by atoms with Gasteiger partial charge in [0.05, 0.1) is 11.0 Å². The van der Waals surface area contributed by atoms with Crippen LogP contribution in [0.15, 0.2) is 21.4 Å². The molecule has 0 radical (unpaired) electrons. The van der Waals surface area contributed by atoms with E-state index < -0.39 is 0 Å². The average Bonchev–Trinajstić information content (AvgIpc) is 2.45. The summed E-state index contributed by atoms with van der Waals surface area (Å²) in [6.45, 7) is 4.25. The molecule has 0 aliphatic carbocycles. The molecule has 0 saturated carbocycles. The molecule has 0 aliphatic heterocycles. The minimum absolute atomic E-state index is 0.165. The minimum atomic E-state index is -0.165. The summed E-state index contributed by atoms with van der Waals surface area (Å²) in [5.74, 6) is 0.453. The summed E-state index contributed by atoms with van der Waals surface area (Å²) in [6, 6.07) is 4.04. The first-order chi connectivity index (χ1) is 6.58. The number of hydrogen-bond acceptors (Lipinski definition) is 1.